The molecule has 11 heteroatoms. The van der Waals surface area contributed by atoms with Gasteiger partial charge in [-0.3, -0.25) is 4.72 Å². The molecule has 0 amide bonds. The lowest BCUT2D eigenvalue weighted by Crippen LogP contribution is -2.17. The highest BCUT2D eigenvalue weighted by atomic mass is 32.2. The zero-order chi connectivity index (χ0) is 18.8. The number of nitrogens with one attached hydrogen (secondary N) is 1. The standard InChI is InChI=1S/C14H13F2N3O5S/c1-23-13-11(3-7(17)6-18-13)19-25(21,22)12-4-8(14(20)24-2)9(15)5-10(12)16/h3-6,19H,17H2,1-2H3. The highest BCUT2D eigenvalue weighted by Crippen LogP contribution is 2.28. The third-order valence-corrected chi connectivity index (χ3v) is 4.41. The molecule has 0 saturated carbocycles. The molecule has 0 radical (unpaired) electrons. The van der Waals surface area contributed by atoms with Gasteiger partial charge in [0.2, 0.25) is 5.88 Å². The van der Waals surface area contributed by atoms with E-state index in [1.165, 1.54) is 19.4 Å². The molecule has 2 aromatic rings. The van der Waals surface area contributed by atoms with Gasteiger partial charge in [-0.05, 0) is 12.1 Å². The average molecular weight is 373 g/mol. The Kier molecular flexibility index (Phi) is 5.07. The number of carbonyl (C=O) groups excluding carboxylic acids is 1. The first-order chi connectivity index (χ1) is 11.7. The minimum absolute atomic E-state index is 0.117. The second-order valence-electron chi connectivity index (χ2n) is 4.69. The number of methoxy groups -OCH3 is 2. The van der Waals surface area contributed by atoms with E-state index in [4.69, 9.17) is 10.5 Å². The maximum atomic E-state index is 14.0. The summed E-state index contributed by atoms with van der Waals surface area (Å²) in [4.78, 5) is 14.3. The molecule has 0 aliphatic carbocycles. The van der Waals surface area contributed by atoms with Crippen molar-refractivity contribution in [2.24, 2.45) is 0 Å². The normalized spacial score (nSPS) is 11.0. The van der Waals surface area contributed by atoms with Crippen LogP contribution in [0.1, 0.15) is 10.4 Å². The summed E-state index contributed by atoms with van der Waals surface area (Å²) in [7, 11) is -2.34. The van der Waals surface area contributed by atoms with Crippen LogP contribution < -0.4 is 15.2 Å². The molecule has 3 N–H and O–H groups in total. The molecule has 25 heavy (non-hydrogen) atoms. The Labute approximate surface area is 141 Å². The quantitative estimate of drug-likeness (QED) is 0.763. The van der Waals surface area contributed by atoms with Crippen LogP contribution in [-0.2, 0) is 14.8 Å². The van der Waals surface area contributed by atoms with E-state index in [1.54, 1.807) is 0 Å². The van der Waals surface area contributed by atoms with Crippen LogP contribution in [0.4, 0.5) is 20.2 Å². The van der Waals surface area contributed by atoms with E-state index in [0.29, 0.717) is 6.07 Å². The second kappa shape index (κ2) is 6.89. The van der Waals surface area contributed by atoms with Crippen molar-refractivity contribution in [2.45, 2.75) is 4.90 Å². The number of nitrogen functional groups attached to an aromatic ring is 1. The van der Waals surface area contributed by atoms with Crippen molar-refractivity contribution in [3.8, 4) is 5.88 Å². The lowest BCUT2D eigenvalue weighted by molar-refractivity contribution is 0.0595. The number of halogens is 2. The third-order valence-electron chi connectivity index (χ3n) is 3.03. The van der Waals surface area contributed by atoms with Gasteiger partial charge < -0.3 is 15.2 Å². The number of hydrogen-bond donors (Lipinski definition) is 2. The molecule has 0 aliphatic rings. The molecule has 0 aliphatic heterocycles. The van der Waals surface area contributed by atoms with E-state index in [1.807, 2.05) is 4.72 Å². The molecule has 1 aromatic carbocycles. The number of sulfonamides is 1. The molecule has 0 spiro atoms. The van der Waals surface area contributed by atoms with Gasteiger partial charge >= 0.3 is 5.97 Å². The zero-order valence-corrected chi connectivity index (χ0v) is 13.9. The second-order valence-corrected chi connectivity index (χ2v) is 6.34. The van der Waals surface area contributed by atoms with Gasteiger partial charge in [0.25, 0.3) is 10.0 Å². The van der Waals surface area contributed by atoms with E-state index < -0.39 is 38.1 Å². The van der Waals surface area contributed by atoms with Crippen LogP contribution in [0.2, 0.25) is 0 Å². The number of ether oxygens (including phenoxy) is 2. The first-order valence-corrected chi connectivity index (χ1v) is 8.07. The Bertz CT molecular complexity index is 934. The van der Waals surface area contributed by atoms with Crippen molar-refractivity contribution in [1.82, 2.24) is 4.98 Å². The first-order valence-electron chi connectivity index (χ1n) is 6.59. The molecule has 1 aromatic heterocycles. The molecule has 0 fully saturated rings. The largest absolute Gasteiger partial charge is 0.479 e. The van der Waals surface area contributed by atoms with Crippen LogP contribution in [0.3, 0.4) is 0 Å². The van der Waals surface area contributed by atoms with Crippen molar-refractivity contribution < 1.29 is 31.5 Å². The van der Waals surface area contributed by atoms with Crippen molar-refractivity contribution >= 4 is 27.4 Å². The van der Waals surface area contributed by atoms with Crippen LogP contribution >= 0.6 is 0 Å². The van der Waals surface area contributed by atoms with Crippen LogP contribution in [0.25, 0.3) is 0 Å². The van der Waals surface area contributed by atoms with Gasteiger partial charge in [0, 0.05) is 6.07 Å². The Morgan fingerprint density at radius 3 is 2.48 bits per heavy atom. The summed E-state index contributed by atoms with van der Waals surface area (Å²) in [5.41, 5.74) is 4.76. The van der Waals surface area contributed by atoms with Crippen molar-refractivity contribution in [1.29, 1.82) is 0 Å². The van der Waals surface area contributed by atoms with Crippen LogP contribution in [0, 0.1) is 11.6 Å². The van der Waals surface area contributed by atoms with Gasteiger partial charge in [-0.25, -0.2) is 27.0 Å². The van der Waals surface area contributed by atoms with Gasteiger partial charge in [-0.2, -0.15) is 0 Å². The SMILES string of the molecule is COC(=O)c1cc(S(=O)(=O)Nc2cc(N)cnc2OC)c(F)cc1F. The number of nitrogens with two attached hydrogens (primary N) is 1. The number of hydrogen-bond acceptors (Lipinski definition) is 7. The van der Waals surface area contributed by atoms with E-state index in [9.17, 15) is 22.0 Å². The van der Waals surface area contributed by atoms with Crippen LogP contribution in [0.5, 0.6) is 5.88 Å². The zero-order valence-electron chi connectivity index (χ0n) is 13.0. The third kappa shape index (κ3) is 3.76. The number of nitrogens with zero attached hydrogens (tertiary/aromatic N) is 1. The lowest BCUT2D eigenvalue weighted by atomic mass is 10.2. The summed E-state index contributed by atoms with van der Waals surface area (Å²) in [5, 5.41) is 0. The van der Waals surface area contributed by atoms with Gasteiger partial charge in [0.1, 0.15) is 22.2 Å². The minimum Gasteiger partial charge on any atom is -0.479 e. The number of pyridine rings is 1. The summed E-state index contributed by atoms with van der Waals surface area (Å²) in [6.07, 6.45) is 1.23. The van der Waals surface area contributed by atoms with Gasteiger partial charge in [0.15, 0.2) is 0 Å². The van der Waals surface area contributed by atoms with E-state index >= 15 is 0 Å². The maximum absolute atomic E-state index is 14.0. The maximum Gasteiger partial charge on any atom is 0.340 e. The lowest BCUT2D eigenvalue weighted by Gasteiger charge is -2.13. The monoisotopic (exact) mass is 373 g/mol. The topological polar surface area (TPSA) is 121 Å². The summed E-state index contributed by atoms with van der Waals surface area (Å²) >= 11 is 0. The molecular formula is C14H13F2N3O5S. The molecule has 134 valence electrons. The fourth-order valence-electron chi connectivity index (χ4n) is 1.91. The van der Waals surface area contributed by atoms with E-state index in [0.717, 1.165) is 7.11 Å². The smallest absolute Gasteiger partial charge is 0.340 e. The Morgan fingerprint density at radius 1 is 1.20 bits per heavy atom. The number of esters is 1. The fourth-order valence-corrected chi connectivity index (χ4v) is 3.04. The molecule has 2 rings (SSSR count). The van der Waals surface area contributed by atoms with Crippen LogP contribution in [-0.4, -0.2) is 33.6 Å². The number of carbonyl (C=O) groups is 1. The predicted octanol–water partition coefficient (Wildman–Crippen LogP) is 1.54. The minimum atomic E-state index is -4.55. The van der Waals surface area contributed by atoms with Crippen LogP contribution in [0.15, 0.2) is 29.3 Å². The van der Waals surface area contributed by atoms with Gasteiger partial charge in [0.05, 0.1) is 31.7 Å². The molecule has 0 saturated heterocycles. The summed E-state index contributed by atoms with van der Waals surface area (Å²) in [6, 6.07) is 2.01. The van der Waals surface area contributed by atoms with Crippen molar-refractivity contribution in [3.05, 3.63) is 41.6 Å². The number of anilines is 2. The first kappa shape index (κ1) is 18.4. The Morgan fingerprint density at radius 2 is 1.88 bits per heavy atom. The van der Waals surface area contributed by atoms with E-state index in [-0.39, 0.29) is 23.3 Å². The van der Waals surface area contributed by atoms with Crippen molar-refractivity contribution in [2.75, 3.05) is 24.7 Å². The van der Waals surface area contributed by atoms with Gasteiger partial charge in [-0.15, -0.1) is 0 Å². The number of benzene rings is 1. The molecule has 8 nitrogen and oxygen atoms in total. The number of rotatable bonds is 5. The average Bonchev–Trinajstić information content (AvgIpc) is 2.53. The van der Waals surface area contributed by atoms with Gasteiger partial charge in [-0.1, -0.05) is 0 Å². The summed E-state index contributed by atoms with van der Waals surface area (Å²) in [6.45, 7) is 0. The molecular weight excluding hydrogens is 360 g/mol. The van der Waals surface area contributed by atoms with E-state index in [2.05, 4.69) is 9.72 Å². The highest BCUT2D eigenvalue weighted by molar-refractivity contribution is 7.92. The molecule has 0 bridgehead atoms. The predicted molar refractivity (Wildman–Crippen MR) is 83.7 cm³/mol. The molecule has 1 heterocycles. The molecule has 0 unspecified atom stereocenters. The Hall–Kier alpha value is -2.95. The summed E-state index contributed by atoms with van der Waals surface area (Å²) in [5.74, 6) is -3.93. The fraction of sp³-hybridized carbons (Fsp3) is 0.143. The Balaban J connectivity index is 2.54. The summed E-state index contributed by atoms with van der Waals surface area (Å²) < 4.78 is 63.7. The molecule has 0 atom stereocenters. The highest BCUT2D eigenvalue weighted by Gasteiger charge is 2.26. The number of aromatic nitrogens is 1. The van der Waals surface area contributed by atoms with Crippen molar-refractivity contribution in [3.63, 3.8) is 0 Å².